The van der Waals surface area contributed by atoms with Crippen LogP contribution in [0.25, 0.3) is 0 Å². The second kappa shape index (κ2) is 3.03. The van der Waals surface area contributed by atoms with Gasteiger partial charge in [-0.3, -0.25) is 0 Å². The van der Waals surface area contributed by atoms with Gasteiger partial charge in [-0.05, 0) is 11.8 Å². The number of hydrogen-bond donors (Lipinski definition) is 1. The summed E-state index contributed by atoms with van der Waals surface area (Å²) in [5, 5.41) is 8.48. The molecule has 0 amide bonds. The summed E-state index contributed by atoms with van der Waals surface area (Å²) in [4.78, 5) is 0. The quantitative estimate of drug-likeness (QED) is 0.554. The first-order chi connectivity index (χ1) is 3.18. The molecule has 0 aliphatic carbocycles. The van der Waals surface area contributed by atoms with Crippen molar-refractivity contribution in [1.29, 1.82) is 0 Å². The molecule has 1 atom stereocenters. The number of rotatable bonds is 2. The molecule has 7 heavy (non-hydrogen) atoms. The lowest BCUT2D eigenvalue weighted by molar-refractivity contribution is 0.244. The van der Waals surface area contributed by atoms with Crippen LogP contribution in [0, 0.1) is 11.8 Å². The van der Waals surface area contributed by atoms with Crippen LogP contribution >= 0.6 is 0 Å². The Morgan fingerprint density at radius 1 is 1.57 bits per heavy atom. The second-order valence-corrected chi connectivity index (χ2v) is 2.16. The van der Waals surface area contributed by atoms with Gasteiger partial charge in [0.1, 0.15) is 0 Å². The summed E-state index contributed by atoms with van der Waals surface area (Å²) < 4.78 is 0. The van der Waals surface area contributed by atoms with Gasteiger partial charge in [0.05, 0.1) is 0 Å². The lowest BCUT2D eigenvalue weighted by Gasteiger charge is -2.09. The maximum absolute atomic E-state index is 8.48. The van der Waals surface area contributed by atoms with Crippen molar-refractivity contribution in [2.75, 3.05) is 6.61 Å². The maximum atomic E-state index is 8.48. The van der Waals surface area contributed by atoms with Gasteiger partial charge in [-0.1, -0.05) is 20.8 Å². The topological polar surface area (TPSA) is 20.2 Å². The molecule has 1 nitrogen and oxygen atoms in total. The van der Waals surface area contributed by atoms with Gasteiger partial charge in [0.25, 0.3) is 0 Å². The molecule has 0 aromatic rings. The van der Waals surface area contributed by atoms with Crippen molar-refractivity contribution in [2.24, 2.45) is 5.92 Å². The summed E-state index contributed by atoms with van der Waals surface area (Å²) in [6.45, 7) is 6.35. The maximum Gasteiger partial charge on any atom is 0.0461 e. The first-order valence-electron chi connectivity index (χ1n) is 2.59. The van der Waals surface area contributed by atoms with Crippen molar-refractivity contribution in [1.82, 2.24) is 0 Å². The molecule has 1 heteroatoms. The summed E-state index contributed by atoms with van der Waals surface area (Å²) in [5.74, 6) is 1.67. The van der Waals surface area contributed by atoms with Crippen LogP contribution < -0.4 is 0 Å². The van der Waals surface area contributed by atoms with Crippen LogP contribution in [0.2, 0.25) is 0 Å². The Morgan fingerprint density at radius 3 is 2.00 bits per heavy atom. The summed E-state index contributed by atoms with van der Waals surface area (Å²) in [6.07, 6.45) is 0. The summed E-state index contributed by atoms with van der Waals surface area (Å²) in [5.41, 5.74) is 0. The predicted molar refractivity (Wildman–Crippen MR) is 30.8 cm³/mol. The highest BCUT2D eigenvalue weighted by Gasteiger charge is 2.03. The molecule has 0 aromatic heterocycles. The molecule has 0 saturated carbocycles. The van der Waals surface area contributed by atoms with Crippen LogP contribution in [0.1, 0.15) is 20.8 Å². The lowest BCUT2D eigenvalue weighted by atomic mass is 10.00. The van der Waals surface area contributed by atoms with Gasteiger partial charge in [0.15, 0.2) is 0 Å². The predicted octanol–water partition coefficient (Wildman–Crippen LogP) is 1.23. The highest BCUT2D eigenvalue weighted by Crippen LogP contribution is 2.09. The third-order valence-corrected chi connectivity index (χ3v) is 1.26. The van der Waals surface area contributed by atoms with Gasteiger partial charge in [0.2, 0.25) is 0 Å². The van der Waals surface area contributed by atoms with E-state index in [0.717, 1.165) is 0 Å². The Kier molecular flexibility index (Phi) is 3.01. The summed E-state index contributed by atoms with van der Waals surface area (Å²) >= 11 is 0. The van der Waals surface area contributed by atoms with E-state index in [1.807, 2.05) is 20.8 Å². The van der Waals surface area contributed by atoms with Crippen LogP contribution in [0.3, 0.4) is 0 Å². The fraction of sp³-hybridized carbons (Fsp3) is 0.833. The van der Waals surface area contributed by atoms with Gasteiger partial charge < -0.3 is 5.11 Å². The molecular formula is C6H13O. The third kappa shape index (κ3) is 2.63. The molecule has 0 aliphatic rings. The Bertz CT molecular complexity index is 41.4. The normalized spacial score (nSPS) is 15.0. The third-order valence-electron chi connectivity index (χ3n) is 1.26. The number of aliphatic hydroxyl groups excluding tert-OH is 1. The molecule has 0 bridgehead atoms. The van der Waals surface area contributed by atoms with Crippen LogP contribution in [0.5, 0.6) is 0 Å². The van der Waals surface area contributed by atoms with Crippen molar-refractivity contribution in [2.45, 2.75) is 20.8 Å². The number of hydrogen-bond acceptors (Lipinski definition) is 1. The Morgan fingerprint density at radius 2 is 2.00 bits per heavy atom. The van der Waals surface area contributed by atoms with Gasteiger partial charge in [-0.15, -0.1) is 0 Å². The molecule has 1 unspecified atom stereocenters. The molecule has 0 spiro atoms. The highest BCUT2D eigenvalue weighted by molar-refractivity contribution is 4.82. The van der Waals surface area contributed by atoms with E-state index in [-0.39, 0.29) is 6.61 Å². The standard InChI is InChI=1S/C6H13O/c1-5(2)6(3)4-7/h6-7H,4H2,1-3H3. The van der Waals surface area contributed by atoms with Gasteiger partial charge in [0, 0.05) is 6.61 Å². The lowest BCUT2D eigenvalue weighted by Crippen LogP contribution is -2.05. The summed E-state index contributed by atoms with van der Waals surface area (Å²) in [7, 11) is 0. The van der Waals surface area contributed by atoms with E-state index >= 15 is 0 Å². The zero-order valence-electron chi connectivity index (χ0n) is 5.23. The van der Waals surface area contributed by atoms with Crippen LogP contribution in [-0.4, -0.2) is 11.7 Å². The smallest absolute Gasteiger partial charge is 0.0461 e. The van der Waals surface area contributed by atoms with E-state index in [2.05, 4.69) is 0 Å². The SMILES string of the molecule is C[C](C)C(C)CO. The van der Waals surface area contributed by atoms with Crippen LogP contribution in [0.15, 0.2) is 0 Å². The van der Waals surface area contributed by atoms with E-state index in [1.165, 1.54) is 5.92 Å². The van der Waals surface area contributed by atoms with Crippen molar-refractivity contribution in [3.63, 3.8) is 0 Å². The molecule has 43 valence electrons. The van der Waals surface area contributed by atoms with Gasteiger partial charge in [-0.25, -0.2) is 0 Å². The van der Waals surface area contributed by atoms with E-state index in [4.69, 9.17) is 5.11 Å². The minimum Gasteiger partial charge on any atom is -0.396 e. The fourth-order valence-electron chi connectivity index (χ4n) is 0.183. The highest BCUT2D eigenvalue weighted by atomic mass is 16.3. The average Bonchev–Trinajstić information content (AvgIpc) is 1.65. The van der Waals surface area contributed by atoms with E-state index in [0.29, 0.717) is 5.92 Å². The number of aliphatic hydroxyl groups is 1. The van der Waals surface area contributed by atoms with Gasteiger partial charge in [-0.2, -0.15) is 0 Å². The minimum atomic E-state index is 0.280. The Labute approximate surface area is 45.4 Å². The fourth-order valence-corrected chi connectivity index (χ4v) is 0.183. The first kappa shape index (κ1) is 6.96. The molecule has 0 heterocycles. The first-order valence-corrected chi connectivity index (χ1v) is 2.59. The molecular weight excluding hydrogens is 88.1 g/mol. The van der Waals surface area contributed by atoms with Gasteiger partial charge >= 0.3 is 0 Å². The van der Waals surface area contributed by atoms with Crippen molar-refractivity contribution >= 4 is 0 Å². The zero-order chi connectivity index (χ0) is 5.86. The molecule has 0 rings (SSSR count). The van der Waals surface area contributed by atoms with Crippen molar-refractivity contribution in [3.05, 3.63) is 5.92 Å². The monoisotopic (exact) mass is 101 g/mol. The summed E-state index contributed by atoms with van der Waals surface area (Å²) in [6, 6.07) is 0. The van der Waals surface area contributed by atoms with E-state index < -0.39 is 0 Å². The zero-order valence-corrected chi connectivity index (χ0v) is 5.23. The Balaban J connectivity index is 3.14. The van der Waals surface area contributed by atoms with E-state index in [9.17, 15) is 0 Å². The molecule has 0 aliphatic heterocycles. The Hall–Kier alpha value is -0.0400. The molecule has 0 fully saturated rings. The largest absolute Gasteiger partial charge is 0.396 e. The van der Waals surface area contributed by atoms with Crippen LogP contribution in [-0.2, 0) is 0 Å². The van der Waals surface area contributed by atoms with E-state index in [1.54, 1.807) is 0 Å². The second-order valence-electron chi connectivity index (χ2n) is 2.16. The molecule has 0 saturated heterocycles. The molecule has 0 aromatic carbocycles. The van der Waals surface area contributed by atoms with Crippen LogP contribution in [0.4, 0.5) is 0 Å². The van der Waals surface area contributed by atoms with Crippen molar-refractivity contribution < 1.29 is 5.11 Å². The molecule has 1 N–H and O–H groups in total. The van der Waals surface area contributed by atoms with Crippen molar-refractivity contribution in [3.8, 4) is 0 Å². The minimum absolute atomic E-state index is 0.280. The average molecular weight is 101 g/mol. The molecule has 1 radical (unpaired) electrons.